The lowest BCUT2D eigenvalue weighted by atomic mass is 10.2. The lowest BCUT2D eigenvalue weighted by molar-refractivity contribution is -0.384. The Bertz CT molecular complexity index is 1070. The van der Waals surface area contributed by atoms with Crippen LogP contribution in [-0.2, 0) is 4.79 Å². The Balaban J connectivity index is 1.67. The number of carbonyl (C=O) groups is 1. The van der Waals surface area contributed by atoms with Gasteiger partial charge in [0.25, 0.3) is 5.69 Å². The second-order valence-electron chi connectivity index (χ2n) is 5.36. The van der Waals surface area contributed by atoms with Gasteiger partial charge in [0.15, 0.2) is 8.29 Å². The molecule has 0 bridgehead atoms. The van der Waals surface area contributed by atoms with Crippen molar-refractivity contribution in [1.82, 2.24) is 9.78 Å². The van der Waals surface area contributed by atoms with Crippen LogP contribution in [0.15, 0.2) is 52.9 Å². The van der Waals surface area contributed by atoms with E-state index in [0.29, 0.717) is 14.0 Å². The molecule has 3 aromatic rings. The molecule has 3 rings (SSSR count). The largest absolute Gasteiger partial charge is 0.496 e. The molecule has 0 radical (unpaired) electrons. The maximum Gasteiger partial charge on any atom is 0.296 e. The minimum Gasteiger partial charge on any atom is -0.496 e. The van der Waals surface area contributed by atoms with Gasteiger partial charge in [-0.2, -0.15) is 0 Å². The fraction of sp³-hybridized carbons (Fsp3) is 0.118. The van der Waals surface area contributed by atoms with E-state index in [1.165, 1.54) is 42.3 Å². The fourth-order valence-corrected chi connectivity index (χ4v) is 4.42. The second kappa shape index (κ2) is 8.95. The molecule has 1 aromatic heterocycles. The topological polar surface area (TPSA) is 99.3 Å². The van der Waals surface area contributed by atoms with Gasteiger partial charge in [0.1, 0.15) is 11.4 Å². The standard InChI is InChI=1S/C17H14N4O4S3/c1-25-12-7-8-13(14(9-12)21(23)24)18-15(22)10-27-16-19-20(17(26)28-16)11-5-3-2-4-6-11/h2-9H,10H2,1H3,(H,18,22). The number of aromatic nitrogens is 2. The maximum atomic E-state index is 12.2. The molecule has 1 amide bonds. The molecule has 0 unspecified atom stereocenters. The molecule has 2 aromatic carbocycles. The van der Waals surface area contributed by atoms with E-state index in [-0.39, 0.29) is 23.0 Å². The third kappa shape index (κ3) is 4.74. The SMILES string of the molecule is COc1ccc(NC(=O)CSc2nn(-c3ccccc3)c(=S)s2)c([N+](=O)[O-])c1. The number of nitrogens with zero attached hydrogens (tertiary/aromatic N) is 3. The normalized spacial score (nSPS) is 10.5. The van der Waals surface area contributed by atoms with Crippen LogP contribution in [0.25, 0.3) is 5.69 Å². The molecule has 0 saturated carbocycles. The number of thioether (sulfide) groups is 1. The van der Waals surface area contributed by atoms with Gasteiger partial charge in [-0.15, -0.1) is 5.10 Å². The van der Waals surface area contributed by atoms with E-state index in [1.54, 1.807) is 10.7 Å². The third-order valence-electron chi connectivity index (χ3n) is 3.53. The number of nitro groups is 1. The van der Waals surface area contributed by atoms with E-state index in [0.717, 1.165) is 5.69 Å². The monoisotopic (exact) mass is 434 g/mol. The summed E-state index contributed by atoms with van der Waals surface area (Å²) in [7, 11) is 1.41. The van der Waals surface area contributed by atoms with Crippen molar-refractivity contribution in [2.24, 2.45) is 0 Å². The van der Waals surface area contributed by atoms with Crippen molar-refractivity contribution in [1.29, 1.82) is 0 Å². The lowest BCUT2D eigenvalue weighted by Gasteiger charge is -2.07. The fourth-order valence-electron chi connectivity index (χ4n) is 2.26. The number of anilines is 1. The molecule has 28 heavy (non-hydrogen) atoms. The maximum absolute atomic E-state index is 12.2. The summed E-state index contributed by atoms with van der Waals surface area (Å²) in [5.74, 6) is -0.00349. The summed E-state index contributed by atoms with van der Waals surface area (Å²) in [4.78, 5) is 22.9. The number of rotatable bonds is 7. The number of benzene rings is 2. The van der Waals surface area contributed by atoms with Crippen molar-refractivity contribution in [2.45, 2.75) is 4.34 Å². The van der Waals surface area contributed by atoms with Gasteiger partial charge in [-0.3, -0.25) is 14.9 Å². The second-order valence-corrected chi connectivity index (χ2v) is 8.20. The number of methoxy groups -OCH3 is 1. The molecule has 144 valence electrons. The van der Waals surface area contributed by atoms with Crippen LogP contribution in [0.4, 0.5) is 11.4 Å². The number of carbonyl (C=O) groups excluding carboxylic acids is 1. The van der Waals surface area contributed by atoms with Crippen LogP contribution in [0.2, 0.25) is 0 Å². The quantitative estimate of drug-likeness (QED) is 0.256. The molecule has 0 aliphatic rings. The minimum atomic E-state index is -0.571. The summed E-state index contributed by atoms with van der Waals surface area (Å²) in [6.45, 7) is 0. The van der Waals surface area contributed by atoms with Crippen LogP contribution in [0.3, 0.4) is 0 Å². The van der Waals surface area contributed by atoms with Gasteiger partial charge >= 0.3 is 0 Å². The number of para-hydroxylation sites is 1. The summed E-state index contributed by atoms with van der Waals surface area (Å²) >= 11 is 7.84. The molecule has 11 heteroatoms. The molecule has 1 heterocycles. The van der Waals surface area contributed by atoms with Crippen LogP contribution in [0, 0.1) is 14.1 Å². The molecular formula is C17H14N4O4S3. The first-order valence-electron chi connectivity index (χ1n) is 7.88. The number of hydrogen-bond donors (Lipinski definition) is 1. The van der Waals surface area contributed by atoms with Crippen LogP contribution in [-0.4, -0.2) is 33.5 Å². The van der Waals surface area contributed by atoms with Crippen molar-refractivity contribution in [3.8, 4) is 11.4 Å². The average molecular weight is 435 g/mol. The lowest BCUT2D eigenvalue weighted by Crippen LogP contribution is -2.15. The number of nitro benzene ring substituents is 1. The number of amides is 1. The van der Waals surface area contributed by atoms with Gasteiger partial charge < -0.3 is 10.1 Å². The highest BCUT2D eigenvalue weighted by molar-refractivity contribution is 8.01. The van der Waals surface area contributed by atoms with E-state index in [1.807, 2.05) is 30.3 Å². The van der Waals surface area contributed by atoms with Crippen molar-refractivity contribution >= 4 is 52.6 Å². The molecule has 0 fully saturated rings. The molecule has 0 aliphatic carbocycles. The average Bonchev–Trinajstić information content (AvgIpc) is 3.08. The number of nitrogens with one attached hydrogen (secondary N) is 1. The predicted molar refractivity (Wildman–Crippen MR) is 111 cm³/mol. The Labute approximate surface area is 173 Å². The van der Waals surface area contributed by atoms with Crippen LogP contribution >= 0.6 is 35.3 Å². The zero-order valence-electron chi connectivity index (χ0n) is 14.5. The Morgan fingerprint density at radius 1 is 1.36 bits per heavy atom. The number of ether oxygens (including phenoxy) is 1. The van der Waals surface area contributed by atoms with E-state index < -0.39 is 4.92 Å². The van der Waals surface area contributed by atoms with Crippen molar-refractivity contribution in [3.05, 3.63) is 62.6 Å². The van der Waals surface area contributed by atoms with Crippen LogP contribution in [0.1, 0.15) is 0 Å². The van der Waals surface area contributed by atoms with E-state index >= 15 is 0 Å². The summed E-state index contributed by atoms with van der Waals surface area (Å²) in [6.07, 6.45) is 0. The number of hydrogen-bond acceptors (Lipinski definition) is 8. The first kappa shape index (κ1) is 20.0. The molecule has 1 N–H and O–H groups in total. The van der Waals surface area contributed by atoms with Crippen molar-refractivity contribution in [2.75, 3.05) is 18.2 Å². The molecule has 0 aliphatic heterocycles. The molecular weight excluding hydrogens is 420 g/mol. The van der Waals surface area contributed by atoms with Gasteiger partial charge in [0.05, 0.1) is 29.5 Å². The Kier molecular flexibility index (Phi) is 6.39. The molecule has 0 spiro atoms. The van der Waals surface area contributed by atoms with E-state index in [9.17, 15) is 14.9 Å². The van der Waals surface area contributed by atoms with Gasteiger partial charge in [0.2, 0.25) is 5.91 Å². The highest BCUT2D eigenvalue weighted by atomic mass is 32.2. The molecule has 8 nitrogen and oxygen atoms in total. The smallest absolute Gasteiger partial charge is 0.296 e. The zero-order valence-corrected chi connectivity index (χ0v) is 17.0. The van der Waals surface area contributed by atoms with Crippen molar-refractivity contribution in [3.63, 3.8) is 0 Å². The van der Waals surface area contributed by atoms with Gasteiger partial charge in [-0.1, -0.05) is 41.3 Å². The van der Waals surface area contributed by atoms with Crippen LogP contribution in [0.5, 0.6) is 5.75 Å². The third-order valence-corrected chi connectivity index (χ3v) is 5.90. The Morgan fingerprint density at radius 3 is 2.79 bits per heavy atom. The Morgan fingerprint density at radius 2 is 2.11 bits per heavy atom. The summed E-state index contributed by atoms with van der Waals surface area (Å²) < 4.78 is 7.82. The summed E-state index contributed by atoms with van der Waals surface area (Å²) in [5.41, 5.74) is 0.717. The first-order chi connectivity index (χ1) is 13.5. The highest BCUT2D eigenvalue weighted by Gasteiger charge is 2.18. The van der Waals surface area contributed by atoms with Gasteiger partial charge in [-0.05, 0) is 36.5 Å². The van der Waals surface area contributed by atoms with E-state index in [4.69, 9.17) is 17.0 Å². The van der Waals surface area contributed by atoms with Crippen LogP contribution < -0.4 is 10.1 Å². The van der Waals surface area contributed by atoms with E-state index in [2.05, 4.69) is 10.4 Å². The van der Waals surface area contributed by atoms with Gasteiger partial charge in [0, 0.05) is 0 Å². The molecule has 0 saturated heterocycles. The zero-order chi connectivity index (χ0) is 20.1. The first-order valence-corrected chi connectivity index (χ1v) is 10.1. The van der Waals surface area contributed by atoms with Gasteiger partial charge in [-0.25, -0.2) is 4.68 Å². The molecule has 0 atom stereocenters. The predicted octanol–water partition coefficient (Wildman–Crippen LogP) is 4.31. The minimum absolute atomic E-state index is 0.0419. The Hall–Kier alpha value is -2.76. The highest BCUT2D eigenvalue weighted by Crippen LogP contribution is 2.29. The summed E-state index contributed by atoms with van der Waals surface area (Å²) in [6, 6.07) is 13.7. The van der Waals surface area contributed by atoms with Crippen molar-refractivity contribution < 1.29 is 14.5 Å². The summed E-state index contributed by atoms with van der Waals surface area (Å²) in [5, 5.41) is 18.2.